The predicted molar refractivity (Wildman–Crippen MR) is 92.1 cm³/mol. The largest absolute Gasteiger partial charge is 0.496 e. The van der Waals surface area contributed by atoms with Crippen molar-refractivity contribution in [2.75, 3.05) is 13.7 Å². The molecule has 2 aromatic rings. The Morgan fingerprint density at radius 3 is 2.62 bits per heavy atom. The molecular formula is C19H22N2O3. The molecule has 0 radical (unpaired) electrons. The van der Waals surface area contributed by atoms with Crippen LogP contribution >= 0.6 is 0 Å². The summed E-state index contributed by atoms with van der Waals surface area (Å²) in [6, 6.07) is 16.7. The number of aliphatic hydroxyl groups is 1. The number of ether oxygens (including phenoxy) is 1. The van der Waals surface area contributed by atoms with Crippen LogP contribution in [0.4, 0.5) is 4.79 Å². The fourth-order valence-corrected chi connectivity index (χ4v) is 2.96. The van der Waals surface area contributed by atoms with E-state index in [1.807, 2.05) is 54.6 Å². The number of carbonyl (C=O) groups excluding carboxylic acids is 1. The Morgan fingerprint density at radius 2 is 1.92 bits per heavy atom. The lowest BCUT2D eigenvalue weighted by molar-refractivity contribution is 0.216. The number of aliphatic hydroxyl groups excluding tert-OH is 1. The van der Waals surface area contributed by atoms with Gasteiger partial charge in [-0.2, -0.15) is 0 Å². The molecule has 3 atom stereocenters. The van der Waals surface area contributed by atoms with E-state index in [0.717, 1.165) is 23.3 Å². The molecule has 0 heterocycles. The van der Waals surface area contributed by atoms with Crippen LogP contribution < -0.4 is 15.4 Å². The highest BCUT2D eigenvalue weighted by molar-refractivity contribution is 5.75. The van der Waals surface area contributed by atoms with Crippen LogP contribution in [0.1, 0.15) is 29.5 Å². The van der Waals surface area contributed by atoms with Crippen molar-refractivity contribution in [1.82, 2.24) is 10.6 Å². The number of hydrogen-bond donors (Lipinski definition) is 3. The van der Waals surface area contributed by atoms with Gasteiger partial charge in [-0.05, 0) is 23.6 Å². The Hall–Kier alpha value is -2.53. The lowest BCUT2D eigenvalue weighted by Gasteiger charge is -2.17. The van der Waals surface area contributed by atoms with Crippen molar-refractivity contribution in [2.45, 2.75) is 24.4 Å². The van der Waals surface area contributed by atoms with Crippen molar-refractivity contribution in [2.24, 2.45) is 0 Å². The highest BCUT2D eigenvalue weighted by Crippen LogP contribution is 2.44. The second-order valence-corrected chi connectivity index (χ2v) is 5.95. The van der Waals surface area contributed by atoms with Crippen molar-refractivity contribution >= 4 is 6.03 Å². The third-order valence-electron chi connectivity index (χ3n) is 4.34. The first kappa shape index (κ1) is 16.3. The molecule has 0 bridgehead atoms. The second kappa shape index (κ2) is 7.36. The van der Waals surface area contributed by atoms with Gasteiger partial charge in [0, 0.05) is 12.0 Å². The number of hydrogen-bond acceptors (Lipinski definition) is 3. The molecule has 0 spiro atoms. The number of urea groups is 1. The minimum Gasteiger partial charge on any atom is -0.496 e. The fourth-order valence-electron chi connectivity index (χ4n) is 2.96. The van der Waals surface area contributed by atoms with Gasteiger partial charge in [0.2, 0.25) is 0 Å². The van der Waals surface area contributed by atoms with Gasteiger partial charge in [-0.3, -0.25) is 0 Å². The number of methoxy groups -OCH3 is 1. The SMILES string of the molecule is COc1ccccc1[C@@H]1C[C@@H]1NC(=O)N[C@H](CO)c1ccccc1. The quantitative estimate of drug-likeness (QED) is 0.764. The lowest BCUT2D eigenvalue weighted by atomic mass is 10.1. The summed E-state index contributed by atoms with van der Waals surface area (Å²) in [4.78, 5) is 12.2. The number of rotatable bonds is 6. The van der Waals surface area contributed by atoms with Crippen molar-refractivity contribution in [3.8, 4) is 5.75 Å². The van der Waals surface area contributed by atoms with E-state index in [1.54, 1.807) is 7.11 Å². The summed E-state index contributed by atoms with van der Waals surface area (Å²) in [5.41, 5.74) is 2.00. The molecule has 0 aromatic heterocycles. The topological polar surface area (TPSA) is 70.6 Å². The van der Waals surface area contributed by atoms with Gasteiger partial charge >= 0.3 is 6.03 Å². The Morgan fingerprint density at radius 1 is 1.21 bits per heavy atom. The van der Waals surface area contributed by atoms with Crippen LogP contribution in [0.3, 0.4) is 0 Å². The monoisotopic (exact) mass is 326 g/mol. The van der Waals surface area contributed by atoms with Crippen LogP contribution in [0, 0.1) is 0 Å². The van der Waals surface area contributed by atoms with Crippen LogP contribution in [0.2, 0.25) is 0 Å². The molecule has 3 N–H and O–H groups in total. The molecule has 1 fully saturated rings. The summed E-state index contributed by atoms with van der Waals surface area (Å²) >= 11 is 0. The normalized spacial score (nSPS) is 20.1. The van der Waals surface area contributed by atoms with Crippen LogP contribution in [0.25, 0.3) is 0 Å². The summed E-state index contributed by atoms with van der Waals surface area (Å²) in [5, 5.41) is 15.3. The van der Waals surface area contributed by atoms with E-state index < -0.39 is 6.04 Å². The molecule has 126 valence electrons. The number of amides is 2. The maximum Gasteiger partial charge on any atom is 0.315 e. The minimum absolute atomic E-state index is 0.0939. The fraction of sp³-hybridized carbons (Fsp3) is 0.316. The highest BCUT2D eigenvalue weighted by atomic mass is 16.5. The van der Waals surface area contributed by atoms with Gasteiger partial charge in [-0.15, -0.1) is 0 Å². The molecule has 1 aliphatic carbocycles. The third kappa shape index (κ3) is 3.68. The maximum atomic E-state index is 12.2. The molecule has 24 heavy (non-hydrogen) atoms. The second-order valence-electron chi connectivity index (χ2n) is 5.95. The smallest absolute Gasteiger partial charge is 0.315 e. The van der Waals surface area contributed by atoms with E-state index in [4.69, 9.17) is 4.74 Å². The minimum atomic E-state index is -0.408. The Labute approximate surface area is 141 Å². The number of carbonyl (C=O) groups is 1. The molecule has 0 unspecified atom stereocenters. The molecule has 1 saturated carbocycles. The molecule has 0 aliphatic heterocycles. The van der Waals surface area contributed by atoms with Crippen molar-refractivity contribution in [3.05, 3.63) is 65.7 Å². The van der Waals surface area contributed by atoms with Crippen LogP contribution in [-0.4, -0.2) is 30.9 Å². The zero-order chi connectivity index (χ0) is 16.9. The Balaban J connectivity index is 1.57. The van der Waals surface area contributed by atoms with Gasteiger partial charge in [-0.25, -0.2) is 4.79 Å². The van der Waals surface area contributed by atoms with Crippen LogP contribution in [0.15, 0.2) is 54.6 Å². The molecule has 2 aromatic carbocycles. The molecule has 1 aliphatic rings. The molecule has 5 heteroatoms. The molecular weight excluding hydrogens is 304 g/mol. The zero-order valence-electron chi connectivity index (χ0n) is 13.6. The molecule has 0 saturated heterocycles. The van der Waals surface area contributed by atoms with E-state index in [2.05, 4.69) is 10.6 Å². The number of para-hydroxylation sites is 1. The number of nitrogens with one attached hydrogen (secondary N) is 2. The van der Waals surface area contributed by atoms with Gasteiger partial charge in [0.25, 0.3) is 0 Å². The number of benzene rings is 2. The Kier molecular flexibility index (Phi) is 5.01. The van der Waals surface area contributed by atoms with Crippen LogP contribution in [-0.2, 0) is 0 Å². The third-order valence-corrected chi connectivity index (χ3v) is 4.34. The van der Waals surface area contributed by atoms with E-state index in [1.165, 1.54) is 0 Å². The van der Waals surface area contributed by atoms with Gasteiger partial charge < -0.3 is 20.5 Å². The average Bonchev–Trinajstić information content (AvgIpc) is 3.39. The first-order valence-electron chi connectivity index (χ1n) is 8.08. The molecule has 2 amide bonds. The summed E-state index contributed by atoms with van der Waals surface area (Å²) in [7, 11) is 1.65. The summed E-state index contributed by atoms with van der Waals surface area (Å²) in [6.45, 7) is -0.141. The van der Waals surface area contributed by atoms with Gasteiger partial charge in [0.15, 0.2) is 0 Å². The van der Waals surface area contributed by atoms with E-state index in [-0.39, 0.29) is 24.6 Å². The summed E-state index contributed by atoms with van der Waals surface area (Å²) < 4.78 is 5.38. The van der Waals surface area contributed by atoms with Gasteiger partial charge in [-0.1, -0.05) is 48.5 Å². The maximum absolute atomic E-state index is 12.2. The highest BCUT2D eigenvalue weighted by Gasteiger charge is 2.41. The van der Waals surface area contributed by atoms with Gasteiger partial charge in [0.05, 0.1) is 19.8 Å². The molecule has 3 rings (SSSR count). The van der Waals surface area contributed by atoms with E-state index >= 15 is 0 Å². The van der Waals surface area contributed by atoms with E-state index in [0.29, 0.717) is 0 Å². The first-order valence-corrected chi connectivity index (χ1v) is 8.08. The lowest BCUT2D eigenvalue weighted by Crippen LogP contribution is -2.40. The van der Waals surface area contributed by atoms with Crippen molar-refractivity contribution < 1.29 is 14.6 Å². The van der Waals surface area contributed by atoms with Crippen LogP contribution in [0.5, 0.6) is 5.75 Å². The predicted octanol–water partition coefficient (Wildman–Crippen LogP) is 2.58. The summed E-state index contributed by atoms with van der Waals surface area (Å²) in [5.74, 6) is 1.13. The first-order chi connectivity index (χ1) is 11.7. The zero-order valence-corrected chi connectivity index (χ0v) is 13.6. The van der Waals surface area contributed by atoms with E-state index in [9.17, 15) is 9.90 Å². The van der Waals surface area contributed by atoms with Crippen molar-refractivity contribution in [1.29, 1.82) is 0 Å². The Bertz CT molecular complexity index is 690. The summed E-state index contributed by atoms with van der Waals surface area (Å²) in [6.07, 6.45) is 0.892. The average molecular weight is 326 g/mol. The molecule has 5 nitrogen and oxygen atoms in total. The van der Waals surface area contributed by atoms with Crippen molar-refractivity contribution in [3.63, 3.8) is 0 Å². The standard InChI is InChI=1S/C19H22N2O3/c1-24-18-10-6-5-9-14(18)15-11-16(15)20-19(23)21-17(12-22)13-7-3-2-4-8-13/h2-10,15-17,22H,11-12H2,1H3,(H2,20,21,23)/t15-,16-,17+/m0/s1. The van der Waals surface area contributed by atoms with Gasteiger partial charge in [0.1, 0.15) is 5.75 Å².